The van der Waals surface area contributed by atoms with Gasteiger partial charge in [0, 0.05) is 24.5 Å². The Labute approximate surface area is 170 Å². The molecule has 5 aromatic rings. The summed E-state index contributed by atoms with van der Waals surface area (Å²) in [4.78, 5) is 13.6. The number of fused-ring (bicyclic) bond motifs is 1. The molecule has 3 N–H and O–H groups in total. The fraction of sp³-hybridized carbons (Fsp3) is 0.0500. The smallest absolute Gasteiger partial charge is 0.162 e. The normalized spacial score (nSPS) is 11.0. The molecule has 0 aliphatic heterocycles. The van der Waals surface area contributed by atoms with Crippen LogP contribution in [0, 0.1) is 12.7 Å². The van der Waals surface area contributed by atoms with Crippen LogP contribution in [0.15, 0.2) is 60.9 Å². The van der Waals surface area contributed by atoms with E-state index in [0.29, 0.717) is 46.0 Å². The molecule has 4 aromatic heterocycles. The molecule has 10 heteroatoms. The first-order valence-electron chi connectivity index (χ1n) is 9.15. The van der Waals surface area contributed by atoms with Crippen molar-refractivity contribution < 1.29 is 4.39 Å². The molecular formula is C20H16FN9. The molecule has 0 atom stereocenters. The van der Waals surface area contributed by atoms with E-state index in [-0.39, 0.29) is 5.82 Å². The molecule has 0 spiro atoms. The van der Waals surface area contributed by atoms with Crippen molar-refractivity contribution in [3.8, 4) is 11.4 Å². The number of aromatic amines is 1. The third-order valence-electron chi connectivity index (χ3n) is 4.36. The molecular weight excluding hydrogens is 385 g/mol. The van der Waals surface area contributed by atoms with E-state index in [4.69, 9.17) is 0 Å². The van der Waals surface area contributed by atoms with Crippen molar-refractivity contribution in [3.63, 3.8) is 0 Å². The average molecular weight is 401 g/mol. The lowest BCUT2D eigenvalue weighted by Gasteiger charge is -2.10. The molecule has 4 heterocycles. The fourth-order valence-corrected chi connectivity index (χ4v) is 3.11. The maximum Gasteiger partial charge on any atom is 0.162 e. The Morgan fingerprint density at radius 3 is 2.70 bits per heavy atom. The van der Waals surface area contributed by atoms with Crippen LogP contribution >= 0.6 is 0 Å². The highest BCUT2D eigenvalue weighted by Crippen LogP contribution is 2.31. The molecule has 0 fully saturated rings. The number of halogens is 1. The predicted molar refractivity (Wildman–Crippen MR) is 110 cm³/mol. The number of H-pyrrole nitrogens is 1. The van der Waals surface area contributed by atoms with Crippen LogP contribution in [0.2, 0.25) is 0 Å². The van der Waals surface area contributed by atoms with Gasteiger partial charge in [-0.3, -0.25) is 5.10 Å². The molecule has 0 bridgehead atoms. The topological polar surface area (TPSA) is 109 Å². The third-order valence-corrected chi connectivity index (χ3v) is 4.36. The van der Waals surface area contributed by atoms with Gasteiger partial charge in [-0.2, -0.15) is 10.2 Å². The number of hydrogen-bond donors (Lipinski definition) is 3. The van der Waals surface area contributed by atoms with Crippen LogP contribution in [0.1, 0.15) is 5.82 Å². The number of benzene rings is 1. The quantitative estimate of drug-likeness (QED) is 0.410. The van der Waals surface area contributed by atoms with Gasteiger partial charge in [-0.15, -0.1) is 0 Å². The Hall–Kier alpha value is -4.34. The molecule has 0 amide bonds. The Morgan fingerprint density at radius 1 is 0.967 bits per heavy atom. The van der Waals surface area contributed by atoms with E-state index in [1.165, 1.54) is 6.07 Å². The zero-order chi connectivity index (χ0) is 20.5. The van der Waals surface area contributed by atoms with E-state index in [1.807, 2.05) is 6.07 Å². The predicted octanol–water partition coefficient (Wildman–Crippen LogP) is 3.84. The Morgan fingerprint density at radius 2 is 1.87 bits per heavy atom. The van der Waals surface area contributed by atoms with Crippen molar-refractivity contribution in [2.45, 2.75) is 6.92 Å². The maximum absolute atomic E-state index is 14.1. The van der Waals surface area contributed by atoms with Gasteiger partial charge in [-0.1, -0.05) is 12.1 Å². The van der Waals surface area contributed by atoms with Crippen molar-refractivity contribution >= 4 is 28.8 Å². The van der Waals surface area contributed by atoms with Gasteiger partial charge in [0.1, 0.15) is 23.2 Å². The van der Waals surface area contributed by atoms with Gasteiger partial charge >= 0.3 is 0 Å². The van der Waals surface area contributed by atoms with E-state index >= 15 is 0 Å². The van der Waals surface area contributed by atoms with E-state index in [2.05, 4.69) is 40.9 Å². The minimum Gasteiger partial charge on any atom is -0.338 e. The summed E-state index contributed by atoms with van der Waals surface area (Å²) >= 11 is 0. The summed E-state index contributed by atoms with van der Waals surface area (Å²) in [5.74, 6) is 1.75. The highest BCUT2D eigenvalue weighted by atomic mass is 19.1. The minimum atomic E-state index is -0.368. The molecule has 0 saturated heterocycles. The zero-order valence-electron chi connectivity index (χ0n) is 15.8. The van der Waals surface area contributed by atoms with Crippen molar-refractivity contribution in [2.75, 3.05) is 10.6 Å². The summed E-state index contributed by atoms with van der Waals surface area (Å²) < 4.78 is 15.8. The molecule has 0 radical (unpaired) electrons. The molecule has 0 unspecified atom stereocenters. The number of para-hydroxylation sites is 1. The number of imidazole rings is 1. The van der Waals surface area contributed by atoms with Gasteiger partial charge in [-0.25, -0.2) is 23.9 Å². The minimum absolute atomic E-state index is 0.327. The van der Waals surface area contributed by atoms with E-state index in [0.717, 1.165) is 0 Å². The number of nitrogens with zero attached hydrogens (tertiary/aromatic N) is 6. The number of hydrogen-bond acceptors (Lipinski definition) is 7. The number of aromatic nitrogens is 7. The number of nitrogens with one attached hydrogen (secondary N) is 3. The van der Waals surface area contributed by atoms with Crippen LogP contribution in [0.25, 0.3) is 17.0 Å². The van der Waals surface area contributed by atoms with Gasteiger partial charge in [0.15, 0.2) is 17.3 Å². The second-order valence-electron chi connectivity index (χ2n) is 6.48. The van der Waals surface area contributed by atoms with Crippen LogP contribution < -0.4 is 10.6 Å². The molecule has 9 nitrogen and oxygen atoms in total. The monoisotopic (exact) mass is 401 g/mol. The summed E-state index contributed by atoms with van der Waals surface area (Å²) in [6, 6.07) is 13.6. The molecule has 30 heavy (non-hydrogen) atoms. The van der Waals surface area contributed by atoms with Gasteiger partial charge in [0.05, 0.1) is 11.4 Å². The number of rotatable bonds is 5. The summed E-state index contributed by atoms with van der Waals surface area (Å²) in [6.07, 6.45) is 3.38. The van der Waals surface area contributed by atoms with Crippen molar-refractivity contribution in [3.05, 3.63) is 72.6 Å². The highest BCUT2D eigenvalue weighted by molar-refractivity contribution is 5.78. The summed E-state index contributed by atoms with van der Waals surface area (Å²) in [7, 11) is 0. The first-order chi connectivity index (χ1) is 14.7. The Kier molecular flexibility index (Phi) is 4.28. The lowest BCUT2D eigenvalue weighted by atomic mass is 10.2. The Bertz CT molecular complexity index is 1330. The molecule has 148 valence electrons. The fourth-order valence-electron chi connectivity index (χ4n) is 3.11. The van der Waals surface area contributed by atoms with Crippen molar-refractivity contribution in [1.82, 2.24) is 34.8 Å². The standard InChI is InChI=1S/C20H16FN9/c1-12-24-15(11-17(25-12)26-14-6-3-2-5-13(14)21)19-20(27-16-8-10-22-29-16)28-18-7-4-9-23-30(18)19/h2-11H,1H3,(H2,22,27,29)(H,24,25,26). The maximum atomic E-state index is 14.1. The van der Waals surface area contributed by atoms with Crippen LogP contribution in [0.3, 0.4) is 0 Å². The van der Waals surface area contributed by atoms with E-state index < -0.39 is 0 Å². The van der Waals surface area contributed by atoms with Gasteiger partial charge in [0.25, 0.3) is 0 Å². The summed E-state index contributed by atoms with van der Waals surface area (Å²) in [5.41, 5.74) is 2.18. The van der Waals surface area contributed by atoms with E-state index in [9.17, 15) is 4.39 Å². The van der Waals surface area contributed by atoms with Crippen molar-refractivity contribution in [1.29, 1.82) is 0 Å². The lowest BCUT2D eigenvalue weighted by molar-refractivity contribution is 0.632. The SMILES string of the molecule is Cc1nc(Nc2ccccc2F)cc(-c2c(Nc3cc[nH]n3)nc3cccnn23)n1. The van der Waals surface area contributed by atoms with E-state index in [1.54, 1.807) is 60.2 Å². The van der Waals surface area contributed by atoms with Crippen LogP contribution in [-0.2, 0) is 0 Å². The first kappa shape index (κ1) is 17.7. The van der Waals surface area contributed by atoms with Gasteiger partial charge in [-0.05, 0) is 31.2 Å². The van der Waals surface area contributed by atoms with Crippen LogP contribution in [-0.4, -0.2) is 34.8 Å². The van der Waals surface area contributed by atoms with Crippen molar-refractivity contribution in [2.24, 2.45) is 0 Å². The van der Waals surface area contributed by atoms with Crippen LogP contribution in [0.5, 0.6) is 0 Å². The lowest BCUT2D eigenvalue weighted by Crippen LogP contribution is -2.03. The molecule has 1 aromatic carbocycles. The summed E-state index contributed by atoms with van der Waals surface area (Å²) in [5, 5.41) is 17.5. The molecule has 0 aliphatic rings. The molecule has 0 saturated carbocycles. The van der Waals surface area contributed by atoms with Gasteiger partial charge < -0.3 is 10.6 Å². The number of anilines is 4. The second-order valence-corrected chi connectivity index (χ2v) is 6.48. The van der Waals surface area contributed by atoms with Crippen LogP contribution in [0.4, 0.5) is 27.5 Å². The largest absolute Gasteiger partial charge is 0.338 e. The highest BCUT2D eigenvalue weighted by Gasteiger charge is 2.19. The Balaban J connectivity index is 1.63. The first-order valence-corrected chi connectivity index (χ1v) is 9.15. The zero-order valence-corrected chi connectivity index (χ0v) is 15.8. The molecule has 0 aliphatic carbocycles. The molecule has 5 rings (SSSR count). The third kappa shape index (κ3) is 3.30. The summed E-state index contributed by atoms with van der Waals surface area (Å²) in [6.45, 7) is 1.77. The second kappa shape index (κ2) is 7.24. The van der Waals surface area contributed by atoms with Gasteiger partial charge in [0.2, 0.25) is 0 Å². The number of aryl methyl sites for hydroxylation is 1. The average Bonchev–Trinajstić information content (AvgIpc) is 3.37.